The van der Waals surface area contributed by atoms with Crippen LogP contribution in [0.5, 0.6) is 5.75 Å². The smallest absolute Gasteiger partial charge is 0.326 e. The van der Waals surface area contributed by atoms with Crippen molar-refractivity contribution in [1.29, 1.82) is 0 Å². The molecular formula is C23H36N4O7S. The van der Waals surface area contributed by atoms with E-state index in [1.54, 1.807) is 26.0 Å². The summed E-state index contributed by atoms with van der Waals surface area (Å²) in [7, 11) is 0. The van der Waals surface area contributed by atoms with Crippen LogP contribution in [0.3, 0.4) is 0 Å². The number of aromatic hydroxyl groups is 1. The average Bonchev–Trinajstić information content (AvgIpc) is 2.79. The number of phenolic OH excluding ortho intramolecular Hbond substituents is 1. The largest absolute Gasteiger partial charge is 0.508 e. The fraction of sp³-hybridized carbons (Fsp3) is 0.565. The van der Waals surface area contributed by atoms with Gasteiger partial charge < -0.3 is 37.0 Å². The van der Waals surface area contributed by atoms with Crippen LogP contribution in [-0.2, 0) is 25.6 Å². The van der Waals surface area contributed by atoms with Gasteiger partial charge in [-0.1, -0.05) is 26.0 Å². The Balaban J connectivity index is 2.96. The van der Waals surface area contributed by atoms with Gasteiger partial charge in [-0.15, -0.1) is 0 Å². The number of carboxylic acid groups (broad SMARTS) is 1. The maximum absolute atomic E-state index is 13.0. The predicted molar refractivity (Wildman–Crippen MR) is 133 cm³/mol. The van der Waals surface area contributed by atoms with E-state index in [1.807, 2.05) is 6.26 Å². The highest BCUT2D eigenvalue weighted by molar-refractivity contribution is 7.98. The molecule has 196 valence electrons. The Kier molecular flexibility index (Phi) is 12.5. The zero-order valence-corrected chi connectivity index (χ0v) is 21.2. The van der Waals surface area contributed by atoms with Gasteiger partial charge in [-0.2, -0.15) is 11.8 Å². The van der Waals surface area contributed by atoms with E-state index in [1.165, 1.54) is 30.8 Å². The Morgan fingerprint density at radius 1 is 0.943 bits per heavy atom. The molecule has 0 saturated heterocycles. The van der Waals surface area contributed by atoms with Crippen LogP contribution in [0.4, 0.5) is 0 Å². The van der Waals surface area contributed by atoms with Crippen molar-refractivity contribution < 1.29 is 34.5 Å². The Bertz CT molecular complexity index is 864. The van der Waals surface area contributed by atoms with Crippen molar-refractivity contribution in [3.05, 3.63) is 29.8 Å². The third-order valence-corrected chi connectivity index (χ3v) is 5.95. The summed E-state index contributed by atoms with van der Waals surface area (Å²) >= 11 is 1.46. The van der Waals surface area contributed by atoms with Crippen LogP contribution in [-0.4, -0.2) is 81.3 Å². The summed E-state index contributed by atoms with van der Waals surface area (Å²) in [6.07, 6.45) is 0.957. The number of benzene rings is 1. The predicted octanol–water partition coefficient (Wildman–Crippen LogP) is -0.409. The molecule has 0 fully saturated rings. The molecule has 1 aromatic carbocycles. The monoisotopic (exact) mass is 512 g/mol. The van der Waals surface area contributed by atoms with E-state index in [4.69, 9.17) is 5.73 Å². The molecule has 0 radical (unpaired) electrons. The molecule has 0 bridgehead atoms. The molecule has 3 amide bonds. The first-order valence-corrected chi connectivity index (χ1v) is 12.6. The van der Waals surface area contributed by atoms with Gasteiger partial charge in [0.25, 0.3) is 0 Å². The van der Waals surface area contributed by atoms with Crippen molar-refractivity contribution in [2.75, 3.05) is 12.0 Å². The van der Waals surface area contributed by atoms with Gasteiger partial charge in [0.1, 0.15) is 29.9 Å². The van der Waals surface area contributed by atoms with Gasteiger partial charge in [0.05, 0.1) is 6.10 Å². The SMILES string of the molecule is CSCCC(NC(=O)C(N)C(C)O)C(=O)NC(C(=O)NC(Cc1ccc(O)cc1)C(=O)O)C(C)C. The van der Waals surface area contributed by atoms with Gasteiger partial charge in [0.15, 0.2) is 0 Å². The summed E-state index contributed by atoms with van der Waals surface area (Å²) in [6, 6.07) is 1.39. The van der Waals surface area contributed by atoms with Crippen LogP contribution in [0.25, 0.3) is 0 Å². The lowest BCUT2D eigenvalue weighted by Gasteiger charge is -2.27. The molecule has 0 heterocycles. The third-order valence-electron chi connectivity index (χ3n) is 5.30. The van der Waals surface area contributed by atoms with Crippen LogP contribution < -0.4 is 21.7 Å². The molecule has 1 rings (SSSR count). The molecule has 1 aromatic rings. The van der Waals surface area contributed by atoms with Crippen LogP contribution >= 0.6 is 11.8 Å². The number of carbonyl (C=O) groups excluding carboxylic acids is 3. The molecule has 8 N–H and O–H groups in total. The Hall–Kier alpha value is -2.83. The Morgan fingerprint density at radius 2 is 1.51 bits per heavy atom. The van der Waals surface area contributed by atoms with Crippen molar-refractivity contribution in [2.45, 2.75) is 63.9 Å². The summed E-state index contributed by atoms with van der Waals surface area (Å²) < 4.78 is 0. The van der Waals surface area contributed by atoms with Crippen molar-refractivity contribution in [1.82, 2.24) is 16.0 Å². The number of hydrogen-bond donors (Lipinski definition) is 7. The number of carbonyl (C=O) groups is 4. The van der Waals surface area contributed by atoms with Gasteiger partial charge >= 0.3 is 5.97 Å². The standard InChI is InChI=1S/C23H36N4O7S/c1-12(2)19(22(32)26-17(23(33)34)11-14-5-7-15(29)8-6-14)27-20(30)16(9-10-35-4)25-21(31)18(24)13(3)28/h5-8,12-13,16-19,28-29H,9-11,24H2,1-4H3,(H,25,31)(H,26,32)(H,27,30)(H,33,34). The number of nitrogens with one attached hydrogen (secondary N) is 3. The van der Waals surface area contributed by atoms with Crippen LogP contribution in [0.15, 0.2) is 24.3 Å². The topological polar surface area (TPSA) is 191 Å². The fourth-order valence-electron chi connectivity index (χ4n) is 3.11. The second-order valence-electron chi connectivity index (χ2n) is 8.61. The molecule has 12 heteroatoms. The molecule has 35 heavy (non-hydrogen) atoms. The fourth-order valence-corrected chi connectivity index (χ4v) is 3.58. The number of aliphatic hydroxyl groups excluding tert-OH is 1. The van der Waals surface area contributed by atoms with Crippen LogP contribution in [0.2, 0.25) is 0 Å². The number of amides is 3. The highest BCUT2D eigenvalue weighted by Crippen LogP contribution is 2.12. The van der Waals surface area contributed by atoms with E-state index in [-0.39, 0.29) is 18.6 Å². The third kappa shape index (κ3) is 10.1. The number of rotatable bonds is 14. The van der Waals surface area contributed by atoms with Gasteiger partial charge in [-0.25, -0.2) is 4.79 Å². The van der Waals surface area contributed by atoms with Crippen molar-refractivity contribution >= 4 is 35.5 Å². The highest BCUT2D eigenvalue weighted by Gasteiger charge is 2.32. The second kappa shape index (κ2) is 14.5. The second-order valence-corrected chi connectivity index (χ2v) is 9.59. The first-order chi connectivity index (χ1) is 16.4. The molecule has 0 aliphatic carbocycles. The number of aliphatic hydroxyl groups is 1. The quantitative estimate of drug-likeness (QED) is 0.174. The molecule has 0 saturated carbocycles. The summed E-state index contributed by atoms with van der Waals surface area (Å²) in [5, 5.41) is 36.1. The maximum atomic E-state index is 13.0. The van der Waals surface area contributed by atoms with Crippen molar-refractivity contribution in [2.24, 2.45) is 11.7 Å². The van der Waals surface area contributed by atoms with Gasteiger partial charge in [-0.3, -0.25) is 14.4 Å². The average molecular weight is 513 g/mol. The first kappa shape index (κ1) is 30.2. The molecule has 5 unspecified atom stereocenters. The van der Waals surface area contributed by atoms with Crippen LogP contribution in [0, 0.1) is 5.92 Å². The van der Waals surface area contributed by atoms with Gasteiger partial charge in [0, 0.05) is 6.42 Å². The van der Waals surface area contributed by atoms with E-state index >= 15 is 0 Å². The van der Waals surface area contributed by atoms with Crippen molar-refractivity contribution in [3.63, 3.8) is 0 Å². The summed E-state index contributed by atoms with van der Waals surface area (Å²) in [5.74, 6) is -3.08. The number of phenols is 1. The minimum absolute atomic E-state index is 0.0241. The van der Waals surface area contributed by atoms with Gasteiger partial charge in [-0.05, 0) is 49.0 Å². The molecule has 0 spiro atoms. The van der Waals surface area contributed by atoms with E-state index in [0.29, 0.717) is 11.3 Å². The van der Waals surface area contributed by atoms with E-state index in [2.05, 4.69) is 16.0 Å². The van der Waals surface area contributed by atoms with Crippen LogP contribution in [0.1, 0.15) is 32.8 Å². The summed E-state index contributed by atoms with van der Waals surface area (Å²) in [4.78, 5) is 50.0. The number of carboxylic acids is 1. The molecule has 0 aliphatic rings. The lowest BCUT2D eigenvalue weighted by Crippen LogP contribution is -2.59. The number of hydrogen-bond acceptors (Lipinski definition) is 8. The Labute approximate surface area is 209 Å². The van der Waals surface area contributed by atoms with Gasteiger partial charge in [0.2, 0.25) is 17.7 Å². The van der Waals surface area contributed by atoms with E-state index in [0.717, 1.165) is 0 Å². The van der Waals surface area contributed by atoms with E-state index < -0.39 is 59.9 Å². The minimum atomic E-state index is -1.26. The molecule has 0 aliphatic heterocycles. The summed E-state index contributed by atoms with van der Waals surface area (Å²) in [6.45, 7) is 4.75. The normalized spacial score (nSPS) is 15.4. The Morgan fingerprint density at radius 3 is 2.00 bits per heavy atom. The molecular weight excluding hydrogens is 476 g/mol. The highest BCUT2D eigenvalue weighted by atomic mass is 32.2. The zero-order chi connectivity index (χ0) is 26.7. The molecule has 5 atom stereocenters. The molecule has 11 nitrogen and oxygen atoms in total. The first-order valence-electron chi connectivity index (χ1n) is 11.2. The minimum Gasteiger partial charge on any atom is -0.508 e. The number of aliphatic carboxylic acids is 1. The zero-order valence-electron chi connectivity index (χ0n) is 20.4. The molecule has 0 aromatic heterocycles. The lowest BCUT2D eigenvalue weighted by atomic mass is 10.0. The number of thioether (sulfide) groups is 1. The lowest BCUT2D eigenvalue weighted by molar-refractivity contribution is -0.142. The number of nitrogens with two attached hydrogens (primary N) is 1. The van der Waals surface area contributed by atoms with E-state index in [9.17, 15) is 34.5 Å². The summed E-state index contributed by atoms with van der Waals surface area (Å²) in [5.41, 5.74) is 6.25. The maximum Gasteiger partial charge on any atom is 0.326 e. The van der Waals surface area contributed by atoms with Crippen molar-refractivity contribution in [3.8, 4) is 5.75 Å².